The van der Waals surface area contributed by atoms with Crippen LogP contribution in [0.5, 0.6) is 11.5 Å². The molecule has 11 heteroatoms. The highest BCUT2D eigenvalue weighted by atomic mass is 19.4. The van der Waals surface area contributed by atoms with Gasteiger partial charge in [-0.1, -0.05) is 18.2 Å². The van der Waals surface area contributed by atoms with E-state index in [-0.39, 0.29) is 16.6 Å². The summed E-state index contributed by atoms with van der Waals surface area (Å²) in [6, 6.07) is 13.2. The number of nitrogens with zero attached hydrogens (tertiary/aromatic N) is 3. The van der Waals surface area contributed by atoms with Gasteiger partial charge in [0.2, 0.25) is 0 Å². The lowest BCUT2D eigenvalue weighted by molar-refractivity contribution is -0.137. The summed E-state index contributed by atoms with van der Waals surface area (Å²) in [4.78, 5) is 1.77. The van der Waals surface area contributed by atoms with Crippen LogP contribution in [0.25, 0.3) is 21.9 Å². The van der Waals surface area contributed by atoms with Crippen molar-refractivity contribution < 1.29 is 32.7 Å². The smallest absolute Gasteiger partial charge is 0.488 e. The lowest BCUT2D eigenvalue weighted by Crippen LogP contribution is -2.30. The van der Waals surface area contributed by atoms with Gasteiger partial charge in [0.1, 0.15) is 11.5 Å². The third-order valence-corrected chi connectivity index (χ3v) is 5.97. The number of rotatable bonds is 6. The van der Waals surface area contributed by atoms with Crippen molar-refractivity contribution in [3.05, 3.63) is 65.9 Å². The topological polar surface area (TPSA) is 87.9 Å². The Morgan fingerprint density at radius 2 is 1.64 bits per heavy atom. The highest BCUT2D eigenvalue weighted by molar-refractivity contribution is 6.58. The molecule has 0 saturated heterocycles. The summed E-state index contributed by atoms with van der Waals surface area (Å²) in [6.45, 7) is 1.72. The number of hydrogen-bond donors (Lipinski definition) is 2. The molecule has 0 atom stereocenters. The maximum Gasteiger partial charge on any atom is 0.488 e. The molecule has 0 spiro atoms. The van der Waals surface area contributed by atoms with E-state index in [0.29, 0.717) is 39.5 Å². The number of fused-ring (bicyclic) bond motifs is 1. The lowest BCUT2D eigenvalue weighted by atomic mass is 9.78. The summed E-state index contributed by atoms with van der Waals surface area (Å²) in [5, 5.41) is 28.9. The molecule has 0 unspecified atom stereocenters. The molecule has 0 aliphatic rings. The van der Waals surface area contributed by atoms with Crippen LogP contribution in [0.15, 0.2) is 54.6 Å². The van der Waals surface area contributed by atoms with E-state index in [4.69, 9.17) is 9.47 Å². The van der Waals surface area contributed by atoms with E-state index >= 15 is 0 Å². The Morgan fingerprint density at radius 1 is 0.889 bits per heavy atom. The third kappa shape index (κ3) is 4.67. The summed E-state index contributed by atoms with van der Waals surface area (Å²) in [5.74, 6) is 1.63. The van der Waals surface area contributed by atoms with Gasteiger partial charge in [0.05, 0.1) is 31.2 Å². The molecule has 0 radical (unpaired) electrons. The van der Waals surface area contributed by atoms with Gasteiger partial charge in [0, 0.05) is 23.9 Å². The highest BCUT2D eigenvalue weighted by Crippen LogP contribution is 2.40. The second-order valence-corrected chi connectivity index (χ2v) is 8.14. The van der Waals surface area contributed by atoms with Crippen molar-refractivity contribution in [2.45, 2.75) is 13.1 Å². The van der Waals surface area contributed by atoms with Crippen LogP contribution in [0, 0.1) is 6.92 Å². The molecule has 0 fully saturated rings. The molecule has 1 heterocycles. The van der Waals surface area contributed by atoms with Crippen molar-refractivity contribution in [2.24, 2.45) is 0 Å². The van der Waals surface area contributed by atoms with Crippen LogP contribution in [-0.4, -0.2) is 48.6 Å². The first-order chi connectivity index (χ1) is 17.0. The lowest BCUT2D eigenvalue weighted by Gasteiger charge is -2.23. The van der Waals surface area contributed by atoms with Gasteiger partial charge in [-0.25, -0.2) is 0 Å². The van der Waals surface area contributed by atoms with E-state index in [1.807, 2.05) is 0 Å². The van der Waals surface area contributed by atoms with Crippen molar-refractivity contribution in [1.29, 1.82) is 0 Å². The fourth-order valence-electron chi connectivity index (χ4n) is 4.07. The maximum atomic E-state index is 13.8. The molecule has 1 aromatic heterocycles. The van der Waals surface area contributed by atoms with Crippen LogP contribution >= 0.6 is 0 Å². The molecule has 186 valence electrons. The standard InChI is InChI=1S/C25H23BF3N3O4/c1-14-19-11-15(20-12-16(26(33)34)6-9-21(20)25(27,28)29)5-8-18(19)24(31-30-14)32(2)22-10-7-17(35-3)13-23(22)36-4/h5-13,33-34H,1-4H3. The van der Waals surface area contributed by atoms with E-state index in [1.165, 1.54) is 7.11 Å². The number of ether oxygens (including phenoxy) is 2. The molecule has 7 nitrogen and oxygen atoms in total. The number of aromatic nitrogens is 2. The Kier molecular flexibility index (Phi) is 6.79. The van der Waals surface area contributed by atoms with E-state index < -0.39 is 18.9 Å². The molecule has 3 aromatic carbocycles. The Hall–Kier alpha value is -3.83. The number of anilines is 2. The minimum Gasteiger partial charge on any atom is -0.497 e. The largest absolute Gasteiger partial charge is 0.497 e. The quantitative estimate of drug-likeness (QED) is 0.388. The van der Waals surface area contributed by atoms with Crippen LogP contribution in [0.1, 0.15) is 11.3 Å². The van der Waals surface area contributed by atoms with Crippen LogP contribution in [0.2, 0.25) is 0 Å². The van der Waals surface area contributed by atoms with Crippen LogP contribution in [0.4, 0.5) is 24.7 Å². The third-order valence-electron chi connectivity index (χ3n) is 5.97. The Balaban J connectivity index is 1.88. The molecule has 2 N–H and O–H groups in total. The maximum absolute atomic E-state index is 13.8. The summed E-state index contributed by atoms with van der Waals surface area (Å²) >= 11 is 0. The van der Waals surface area contributed by atoms with Gasteiger partial charge in [0.25, 0.3) is 0 Å². The number of alkyl halides is 3. The fraction of sp³-hybridized carbons (Fsp3) is 0.200. The molecule has 36 heavy (non-hydrogen) atoms. The average molecular weight is 497 g/mol. The van der Waals surface area contributed by atoms with Crippen LogP contribution in [-0.2, 0) is 6.18 Å². The Morgan fingerprint density at radius 3 is 2.28 bits per heavy atom. The van der Waals surface area contributed by atoms with E-state index in [9.17, 15) is 23.2 Å². The van der Waals surface area contributed by atoms with Crippen molar-refractivity contribution in [3.8, 4) is 22.6 Å². The van der Waals surface area contributed by atoms with Crippen molar-refractivity contribution in [3.63, 3.8) is 0 Å². The van der Waals surface area contributed by atoms with Crippen LogP contribution < -0.4 is 19.8 Å². The molecular weight excluding hydrogens is 474 g/mol. The zero-order chi connectivity index (χ0) is 26.2. The molecule has 4 aromatic rings. The number of hydrogen-bond acceptors (Lipinski definition) is 7. The minimum atomic E-state index is -4.63. The molecule has 4 rings (SSSR count). The first-order valence-corrected chi connectivity index (χ1v) is 10.9. The first-order valence-electron chi connectivity index (χ1n) is 10.9. The molecule has 0 aliphatic heterocycles. The second-order valence-electron chi connectivity index (χ2n) is 8.14. The summed E-state index contributed by atoms with van der Waals surface area (Å²) in [7, 11) is 2.96. The molecule has 0 saturated carbocycles. The van der Waals surface area contributed by atoms with Crippen molar-refractivity contribution in [2.75, 3.05) is 26.2 Å². The Bertz CT molecular complexity index is 1430. The molecule has 0 bridgehead atoms. The van der Waals surface area contributed by atoms with Gasteiger partial charge in [-0.05, 0) is 53.8 Å². The molecular formula is C25H23BF3N3O4. The van der Waals surface area contributed by atoms with Gasteiger partial charge in [0.15, 0.2) is 5.82 Å². The SMILES string of the molecule is COc1ccc(N(C)c2nnc(C)c3cc(-c4cc(B(O)O)ccc4C(F)(F)F)ccc23)c(OC)c1. The highest BCUT2D eigenvalue weighted by Gasteiger charge is 2.34. The fourth-order valence-corrected chi connectivity index (χ4v) is 4.07. The second kappa shape index (κ2) is 9.67. The molecule has 0 amide bonds. The van der Waals surface area contributed by atoms with Crippen LogP contribution in [0.3, 0.4) is 0 Å². The van der Waals surface area contributed by atoms with Crippen molar-refractivity contribution in [1.82, 2.24) is 10.2 Å². The zero-order valence-electron chi connectivity index (χ0n) is 20.0. The van der Waals surface area contributed by atoms with E-state index in [1.54, 1.807) is 62.4 Å². The molecule has 0 aliphatic carbocycles. The summed E-state index contributed by atoms with van der Waals surface area (Å²) in [5.41, 5.74) is 0.367. The number of benzene rings is 3. The van der Waals surface area contributed by atoms with Gasteiger partial charge >= 0.3 is 13.3 Å². The number of methoxy groups -OCH3 is 2. The van der Waals surface area contributed by atoms with Gasteiger partial charge in [-0.3, -0.25) is 0 Å². The van der Waals surface area contributed by atoms with Gasteiger partial charge in [-0.2, -0.15) is 18.3 Å². The summed E-state index contributed by atoms with van der Waals surface area (Å²) in [6.07, 6.45) is -4.63. The van der Waals surface area contributed by atoms with Gasteiger partial charge in [-0.15, -0.1) is 5.10 Å². The number of halogens is 3. The average Bonchev–Trinajstić information content (AvgIpc) is 2.87. The summed E-state index contributed by atoms with van der Waals surface area (Å²) < 4.78 is 52.1. The first kappa shape index (κ1) is 25.3. The predicted molar refractivity (Wildman–Crippen MR) is 132 cm³/mol. The number of aryl methyl sites for hydroxylation is 1. The van der Waals surface area contributed by atoms with Crippen molar-refractivity contribution >= 4 is 34.9 Å². The monoisotopic (exact) mass is 497 g/mol. The normalized spacial score (nSPS) is 11.5. The Labute approximate surface area is 205 Å². The van der Waals surface area contributed by atoms with E-state index in [2.05, 4.69) is 10.2 Å². The predicted octanol–water partition coefficient (Wildman–Crippen LogP) is 4.09. The zero-order valence-corrected chi connectivity index (χ0v) is 20.0. The van der Waals surface area contributed by atoms with Gasteiger partial charge < -0.3 is 24.4 Å². The minimum absolute atomic E-state index is 0.0466. The van der Waals surface area contributed by atoms with E-state index in [0.717, 1.165) is 18.2 Å².